The minimum absolute atomic E-state index is 0.0526. The number of nitrogens with zero attached hydrogens (tertiary/aromatic N) is 1. The van der Waals surface area contributed by atoms with Crippen molar-refractivity contribution in [2.75, 3.05) is 20.3 Å². The van der Waals surface area contributed by atoms with Crippen LogP contribution in [0.3, 0.4) is 0 Å². The number of rotatable bonds is 7. The molecule has 1 rings (SSSR count). The molecule has 0 saturated carbocycles. The van der Waals surface area contributed by atoms with E-state index in [-0.39, 0.29) is 18.0 Å². The average Bonchev–Trinajstić information content (AvgIpc) is 2.43. The van der Waals surface area contributed by atoms with Crippen LogP contribution in [0.4, 0.5) is 5.69 Å². The molecular formula is C12H15BrN2O5. The Morgan fingerprint density at radius 1 is 1.55 bits per heavy atom. The van der Waals surface area contributed by atoms with Gasteiger partial charge in [-0.2, -0.15) is 0 Å². The van der Waals surface area contributed by atoms with E-state index < -0.39 is 16.9 Å². The minimum atomic E-state index is -0.673. The van der Waals surface area contributed by atoms with Crippen molar-refractivity contribution in [3.63, 3.8) is 0 Å². The molecule has 0 radical (unpaired) electrons. The van der Waals surface area contributed by atoms with E-state index in [1.807, 2.05) is 6.92 Å². The molecule has 1 aromatic carbocycles. The number of nitro benzene ring substituents is 1. The molecule has 20 heavy (non-hydrogen) atoms. The molecular weight excluding hydrogens is 332 g/mol. The van der Waals surface area contributed by atoms with Gasteiger partial charge in [-0.15, -0.1) is 0 Å². The summed E-state index contributed by atoms with van der Waals surface area (Å²) >= 11 is 3.16. The van der Waals surface area contributed by atoms with Crippen molar-refractivity contribution in [2.45, 2.75) is 13.0 Å². The maximum Gasteiger partial charge on any atom is 0.326 e. The molecule has 8 heteroatoms. The summed E-state index contributed by atoms with van der Waals surface area (Å²) in [6.45, 7) is 2.33. The first-order valence-electron chi connectivity index (χ1n) is 5.87. The standard InChI is InChI=1S/C12H15BrN2O5/c1-3-14-9(12(16)19-2)7-20-11-5-4-8(13)6-10(11)15(17)18/h4-6,9,14H,3,7H2,1-2H3. The van der Waals surface area contributed by atoms with Crippen LogP contribution in [0.25, 0.3) is 0 Å². The van der Waals surface area contributed by atoms with E-state index in [0.717, 1.165) is 0 Å². The van der Waals surface area contributed by atoms with Gasteiger partial charge in [0.1, 0.15) is 12.6 Å². The first-order valence-corrected chi connectivity index (χ1v) is 6.66. The molecule has 0 aliphatic carbocycles. The molecule has 0 fully saturated rings. The number of halogens is 1. The summed E-state index contributed by atoms with van der Waals surface area (Å²) in [6.07, 6.45) is 0. The van der Waals surface area contributed by atoms with Crippen LogP contribution in [0, 0.1) is 10.1 Å². The highest BCUT2D eigenvalue weighted by atomic mass is 79.9. The highest BCUT2D eigenvalue weighted by Gasteiger charge is 2.21. The molecule has 0 spiro atoms. The van der Waals surface area contributed by atoms with Crippen LogP contribution in [0.1, 0.15) is 6.92 Å². The normalized spacial score (nSPS) is 11.8. The van der Waals surface area contributed by atoms with Crippen molar-refractivity contribution in [3.8, 4) is 5.75 Å². The SMILES string of the molecule is CCNC(COc1ccc(Br)cc1[N+](=O)[O-])C(=O)OC. The number of nitrogens with one attached hydrogen (secondary N) is 1. The average molecular weight is 347 g/mol. The van der Waals surface area contributed by atoms with Crippen molar-refractivity contribution >= 4 is 27.6 Å². The van der Waals surface area contributed by atoms with Crippen molar-refractivity contribution < 1.29 is 19.2 Å². The summed E-state index contributed by atoms with van der Waals surface area (Å²) < 4.78 is 10.6. The lowest BCUT2D eigenvalue weighted by Gasteiger charge is -2.16. The molecule has 0 saturated heterocycles. The van der Waals surface area contributed by atoms with Gasteiger partial charge in [0, 0.05) is 10.5 Å². The van der Waals surface area contributed by atoms with Gasteiger partial charge in [0.15, 0.2) is 5.75 Å². The molecule has 0 heterocycles. The third-order valence-corrected chi connectivity index (χ3v) is 2.95. The van der Waals surface area contributed by atoms with Crippen molar-refractivity contribution in [1.29, 1.82) is 0 Å². The van der Waals surface area contributed by atoms with Crippen LogP contribution < -0.4 is 10.1 Å². The number of likely N-dealkylation sites (N-methyl/N-ethyl adjacent to an activating group) is 1. The van der Waals surface area contributed by atoms with E-state index in [0.29, 0.717) is 11.0 Å². The number of hydrogen-bond acceptors (Lipinski definition) is 6. The molecule has 1 atom stereocenters. The second-order valence-electron chi connectivity index (χ2n) is 3.81. The van der Waals surface area contributed by atoms with Crippen molar-refractivity contribution in [1.82, 2.24) is 5.32 Å². The largest absolute Gasteiger partial charge is 0.485 e. The molecule has 1 unspecified atom stereocenters. The number of hydrogen-bond donors (Lipinski definition) is 1. The zero-order valence-corrected chi connectivity index (χ0v) is 12.7. The Morgan fingerprint density at radius 3 is 2.80 bits per heavy atom. The van der Waals surface area contributed by atoms with Gasteiger partial charge in [0.2, 0.25) is 0 Å². The maximum atomic E-state index is 11.5. The topological polar surface area (TPSA) is 90.7 Å². The monoisotopic (exact) mass is 346 g/mol. The number of esters is 1. The van der Waals surface area contributed by atoms with Crippen LogP contribution >= 0.6 is 15.9 Å². The lowest BCUT2D eigenvalue weighted by molar-refractivity contribution is -0.386. The van der Waals surface area contributed by atoms with Gasteiger partial charge in [0.25, 0.3) is 0 Å². The molecule has 0 aliphatic rings. The smallest absolute Gasteiger partial charge is 0.326 e. The fourth-order valence-electron chi connectivity index (χ4n) is 1.53. The highest BCUT2D eigenvalue weighted by molar-refractivity contribution is 9.10. The van der Waals surface area contributed by atoms with Gasteiger partial charge < -0.3 is 14.8 Å². The summed E-state index contributed by atoms with van der Waals surface area (Å²) in [6, 6.07) is 3.77. The number of carbonyl (C=O) groups is 1. The summed E-state index contributed by atoms with van der Waals surface area (Å²) in [5.74, 6) is -0.378. The third-order valence-electron chi connectivity index (χ3n) is 2.46. The molecule has 0 aromatic heterocycles. The van der Waals surface area contributed by atoms with Gasteiger partial charge >= 0.3 is 11.7 Å². The summed E-state index contributed by atoms with van der Waals surface area (Å²) in [5, 5.41) is 13.8. The molecule has 1 aromatic rings. The Bertz CT molecular complexity index is 495. The van der Waals surface area contributed by atoms with E-state index in [2.05, 4.69) is 26.0 Å². The van der Waals surface area contributed by atoms with Crippen LogP contribution in [0.5, 0.6) is 5.75 Å². The zero-order chi connectivity index (χ0) is 15.1. The molecule has 0 aliphatic heterocycles. The predicted molar refractivity (Wildman–Crippen MR) is 75.8 cm³/mol. The van der Waals surface area contributed by atoms with Crippen LogP contribution in [-0.2, 0) is 9.53 Å². The quantitative estimate of drug-likeness (QED) is 0.460. The first-order chi connectivity index (χ1) is 9.49. The van der Waals surface area contributed by atoms with E-state index in [4.69, 9.17) is 4.74 Å². The van der Waals surface area contributed by atoms with E-state index in [1.165, 1.54) is 19.2 Å². The number of carbonyl (C=O) groups excluding carboxylic acids is 1. The summed E-state index contributed by atoms with van der Waals surface area (Å²) in [4.78, 5) is 21.9. The van der Waals surface area contributed by atoms with Crippen LogP contribution in [0.2, 0.25) is 0 Å². The molecule has 0 amide bonds. The van der Waals surface area contributed by atoms with Gasteiger partial charge in [-0.3, -0.25) is 14.9 Å². The van der Waals surface area contributed by atoms with Crippen molar-refractivity contribution in [3.05, 3.63) is 32.8 Å². The fourth-order valence-corrected chi connectivity index (χ4v) is 1.88. The Balaban J connectivity index is 2.82. The maximum absolute atomic E-state index is 11.5. The highest BCUT2D eigenvalue weighted by Crippen LogP contribution is 2.30. The van der Waals surface area contributed by atoms with E-state index in [1.54, 1.807) is 6.07 Å². The number of nitro groups is 1. The van der Waals surface area contributed by atoms with E-state index in [9.17, 15) is 14.9 Å². The lowest BCUT2D eigenvalue weighted by Crippen LogP contribution is -2.42. The molecule has 0 bridgehead atoms. The molecule has 7 nitrogen and oxygen atoms in total. The number of benzene rings is 1. The Morgan fingerprint density at radius 2 is 2.25 bits per heavy atom. The zero-order valence-electron chi connectivity index (χ0n) is 11.1. The second-order valence-corrected chi connectivity index (χ2v) is 4.73. The second kappa shape index (κ2) is 7.81. The van der Waals surface area contributed by atoms with E-state index >= 15 is 0 Å². The first kappa shape index (κ1) is 16.4. The summed E-state index contributed by atoms with van der Waals surface area (Å²) in [5.41, 5.74) is -0.167. The van der Waals surface area contributed by atoms with Gasteiger partial charge in [-0.1, -0.05) is 22.9 Å². The minimum Gasteiger partial charge on any atom is -0.485 e. The Labute approximate surface area is 124 Å². The number of methoxy groups -OCH3 is 1. The fraction of sp³-hybridized carbons (Fsp3) is 0.417. The van der Waals surface area contributed by atoms with Crippen molar-refractivity contribution in [2.24, 2.45) is 0 Å². The van der Waals surface area contributed by atoms with Gasteiger partial charge in [-0.25, -0.2) is 0 Å². The number of ether oxygens (including phenoxy) is 2. The Hall–Kier alpha value is -1.67. The third kappa shape index (κ3) is 4.46. The Kier molecular flexibility index (Phi) is 6.40. The van der Waals surface area contributed by atoms with Gasteiger partial charge in [-0.05, 0) is 18.7 Å². The molecule has 1 N–H and O–H groups in total. The lowest BCUT2D eigenvalue weighted by atomic mass is 10.3. The molecule has 110 valence electrons. The predicted octanol–water partition coefficient (Wildman–Crippen LogP) is 1.89. The summed E-state index contributed by atoms with van der Waals surface area (Å²) in [7, 11) is 1.27. The van der Waals surface area contributed by atoms with Crippen LogP contribution in [0.15, 0.2) is 22.7 Å². The van der Waals surface area contributed by atoms with Gasteiger partial charge in [0.05, 0.1) is 12.0 Å². The van der Waals surface area contributed by atoms with Crippen LogP contribution in [-0.4, -0.2) is 37.2 Å².